The van der Waals surface area contributed by atoms with Gasteiger partial charge in [-0.05, 0) is 12.3 Å². The number of rotatable bonds is 2. The Balaban J connectivity index is 4.26. The van der Waals surface area contributed by atoms with Crippen molar-refractivity contribution in [1.29, 1.82) is 0 Å². The molecule has 72 valence electrons. The lowest BCUT2D eigenvalue weighted by Gasteiger charge is -2.16. The average Bonchev–Trinajstić information content (AvgIpc) is 1.83. The molecule has 0 amide bonds. The molecule has 0 spiro atoms. The lowest BCUT2D eigenvalue weighted by molar-refractivity contribution is -0.476. The van der Waals surface area contributed by atoms with Crippen LogP contribution >= 0.6 is 0 Å². The van der Waals surface area contributed by atoms with Gasteiger partial charge in [0.2, 0.25) is 0 Å². The predicted octanol–water partition coefficient (Wildman–Crippen LogP) is 2.13. The molecule has 0 aliphatic heterocycles. The van der Waals surface area contributed by atoms with Gasteiger partial charge in [-0.3, -0.25) is 0 Å². The third kappa shape index (κ3) is 5.16. The second kappa shape index (κ2) is 4.48. The molecule has 0 aromatic rings. The topological polar surface area (TPSA) is 12.2 Å². The maximum atomic E-state index is 5.52. The van der Waals surface area contributed by atoms with Crippen LogP contribution in [0.1, 0.15) is 34.1 Å². The average molecular weight is 172 g/mol. The van der Waals surface area contributed by atoms with Gasteiger partial charge in [-0.2, -0.15) is 0 Å². The van der Waals surface area contributed by atoms with Gasteiger partial charge in [0.1, 0.15) is 14.1 Å². The molecule has 0 radical (unpaired) electrons. The minimum atomic E-state index is 0.300. The Morgan fingerprint density at radius 1 is 1.25 bits per heavy atom. The SMILES string of the molecule is CCOC(CC(C)(C)C)=[N+](C)C. The standard InChI is InChI=1S/C10H22NO/c1-7-12-9(11(5)6)8-10(2,3)4/h7-8H2,1-6H3/q+1. The van der Waals surface area contributed by atoms with Crippen molar-refractivity contribution in [2.45, 2.75) is 34.1 Å². The summed E-state index contributed by atoms with van der Waals surface area (Å²) in [5, 5.41) is 0. The zero-order valence-electron chi connectivity index (χ0n) is 9.27. The molecule has 2 heteroatoms. The minimum Gasteiger partial charge on any atom is -0.448 e. The second-order valence-electron chi connectivity index (χ2n) is 4.46. The van der Waals surface area contributed by atoms with Gasteiger partial charge < -0.3 is 4.74 Å². The Morgan fingerprint density at radius 3 is 2.00 bits per heavy atom. The van der Waals surface area contributed by atoms with Gasteiger partial charge in [-0.1, -0.05) is 20.8 Å². The van der Waals surface area contributed by atoms with E-state index in [1.807, 2.05) is 21.0 Å². The monoisotopic (exact) mass is 172 g/mol. The van der Waals surface area contributed by atoms with Crippen molar-refractivity contribution in [3.8, 4) is 0 Å². The summed E-state index contributed by atoms with van der Waals surface area (Å²) in [5.74, 6) is 1.07. The summed E-state index contributed by atoms with van der Waals surface area (Å²) in [6.45, 7) is 9.43. The van der Waals surface area contributed by atoms with E-state index >= 15 is 0 Å². The number of ether oxygens (including phenoxy) is 1. The maximum Gasteiger partial charge on any atom is 0.336 e. The summed E-state index contributed by atoms with van der Waals surface area (Å²) >= 11 is 0. The molecule has 0 saturated carbocycles. The van der Waals surface area contributed by atoms with E-state index in [1.165, 1.54) is 0 Å². The summed E-state index contributed by atoms with van der Waals surface area (Å²) in [6.07, 6.45) is 0.994. The fourth-order valence-corrected chi connectivity index (χ4v) is 0.959. The van der Waals surface area contributed by atoms with Crippen molar-refractivity contribution >= 4 is 5.90 Å². The highest BCUT2D eigenvalue weighted by molar-refractivity contribution is 5.71. The van der Waals surface area contributed by atoms with Crippen LogP contribution in [0, 0.1) is 5.41 Å². The normalized spacial score (nSPS) is 11.2. The van der Waals surface area contributed by atoms with Crippen molar-refractivity contribution in [2.24, 2.45) is 5.41 Å². The van der Waals surface area contributed by atoms with E-state index in [4.69, 9.17) is 4.74 Å². The van der Waals surface area contributed by atoms with Gasteiger partial charge in [-0.15, -0.1) is 0 Å². The van der Waals surface area contributed by atoms with Crippen molar-refractivity contribution in [1.82, 2.24) is 0 Å². The fourth-order valence-electron chi connectivity index (χ4n) is 0.959. The van der Waals surface area contributed by atoms with Crippen LogP contribution in [0.5, 0.6) is 0 Å². The molecule has 0 unspecified atom stereocenters. The highest BCUT2D eigenvalue weighted by Gasteiger charge is 2.20. The molecule has 2 nitrogen and oxygen atoms in total. The van der Waals surface area contributed by atoms with E-state index in [1.54, 1.807) is 0 Å². The van der Waals surface area contributed by atoms with Gasteiger partial charge in [0.15, 0.2) is 0 Å². The van der Waals surface area contributed by atoms with Crippen molar-refractivity contribution < 1.29 is 9.31 Å². The van der Waals surface area contributed by atoms with Crippen LogP contribution in [0.4, 0.5) is 0 Å². The molecule has 0 saturated heterocycles. The lowest BCUT2D eigenvalue weighted by Crippen LogP contribution is -2.23. The molecular weight excluding hydrogens is 150 g/mol. The highest BCUT2D eigenvalue weighted by Crippen LogP contribution is 2.19. The van der Waals surface area contributed by atoms with Crippen LogP contribution in [0.15, 0.2) is 0 Å². The summed E-state index contributed by atoms with van der Waals surface area (Å²) in [6, 6.07) is 0. The molecule has 0 aliphatic carbocycles. The van der Waals surface area contributed by atoms with Gasteiger partial charge in [0.25, 0.3) is 0 Å². The summed E-state index contributed by atoms with van der Waals surface area (Å²) in [5.41, 5.74) is 0.300. The Bertz CT molecular complexity index is 161. The lowest BCUT2D eigenvalue weighted by atomic mass is 9.92. The van der Waals surface area contributed by atoms with Crippen LogP contribution in [0.25, 0.3) is 0 Å². The summed E-state index contributed by atoms with van der Waals surface area (Å²) in [4.78, 5) is 0. The quantitative estimate of drug-likeness (QED) is 0.353. The first-order valence-corrected chi connectivity index (χ1v) is 4.53. The first-order chi connectivity index (χ1) is 5.37. The van der Waals surface area contributed by atoms with E-state index in [0.717, 1.165) is 18.9 Å². The molecule has 0 N–H and O–H groups in total. The van der Waals surface area contributed by atoms with Gasteiger partial charge >= 0.3 is 5.90 Å². The molecular formula is C10H22NO+. The van der Waals surface area contributed by atoms with Crippen LogP contribution in [0.3, 0.4) is 0 Å². The first-order valence-electron chi connectivity index (χ1n) is 4.53. The zero-order chi connectivity index (χ0) is 9.78. The smallest absolute Gasteiger partial charge is 0.336 e. The Labute approximate surface area is 76.2 Å². The molecule has 0 atom stereocenters. The molecule has 0 bridgehead atoms. The molecule has 12 heavy (non-hydrogen) atoms. The van der Waals surface area contributed by atoms with Crippen LogP contribution in [-0.2, 0) is 4.74 Å². The zero-order valence-corrected chi connectivity index (χ0v) is 9.27. The minimum absolute atomic E-state index is 0.300. The third-order valence-corrected chi connectivity index (χ3v) is 1.49. The molecule has 0 heterocycles. The summed E-state index contributed by atoms with van der Waals surface area (Å²) in [7, 11) is 4.05. The molecule has 0 aromatic carbocycles. The largest absolute Gasteiger partial charge is 0.448 e. The Hall–Kier alpha value is -0.530. The molecule has 0 fully saturated rings. The molecule has 0 aliphatic rings. The third-order valence-electron chi connectivity index (χ3n) is 1.49. The number of hydrogen-bond acceptors (Lipinski definition) is 1. The fraction of sp³-hybridized carbons (Fsp3) is 0.900. The van der Waals surface area contributed by atoms with Crippen molar-refractivity contribution in [3.63, 3.8) is 0 Å². The highest BCUT2D eigenvalue weighted by atomic mass is 16.5. The van der Waals surface area contributed by atoms with Crippen molar-refractivity contribution in [2.75, 3.05) is 20.7 Å². The maximum absolute atomic E-state index is 5.52. The van der Waals surface area contributed by atoms with Crippen LogP contribution < -0.4 is 0 Å². The van der Waals surface area contributed by atoms with Crippen molar-refractivity contribution in [3.05, 3.63) is 0 Å². The van der Waals surface area contributed by atoms with Crippen LogP contribution in [-0.4, -0.2) is 31.2 Å². The second-order valence-corrected chi connectivity index (χ2v) is 4.46. The van der Waals surface area contributed by atoms with Gasteiger partial charge in [0.05, 0.1) is 13.0 Å². The van der Waals surface area contributed by atoms with Gasteiger partial charge in [-0.25, -0.2) is 4.58 Å². The Kier molecular flexibility index (Phi) is 4.29. The number of nitrogens with zero attached hydrogens (tertiary/aromatic N) is 1. The number of hydrogen-bond donors (Lipinski definition) is 0. The van der Waals surface area contributed by atoms with Gasteiger partial charge in [0, 0.05) is 0 Å². The first kappa shape index (κ1) is 11.5. The van der Waals surface area contributed by atoms with E-state index in [0.29, 0.717) is 5.41 Å². The molecule has 0 rings (SSSR count). The summed E-state index contributed by atoms with van der Waals surface area (Å²) < 4.78 is 7.57. The molecule has 0 aromatic heterocycles. The van der Waals surface area contributed by atoms with E-state index < -0.39 is 0 Å². The Morgan fingerprint density at radius 2 is 1.75 bits per heavy atom. The van der Waals surface area contributed by atoms with E-state index in [-0.39, 0.29) is 0 Å². The predicted molar refractivity (Wildman–Crippen MR) is 52.8 cm³/mol. The van der Waals surface area contributed by atoms with E-state index in [2.05, 4.69) is 25.3 Å². The van der Waals surface area contributed by atoms with E-state index in [9.17, 15) is 0 Å². The van der Waals surface area contributed by atoms with Crippen LogP contribution in [0.2, 0.25) is 0 Å².